The van der Waals surface area contributed by atoms with E-state index in [0.717, 1.165) is 25.9 Å². The number of carbonyl (C=O) groups is 1. The highest BCUT2D eigenvalue weighted by Crippen LogP contribution is 2.11. The van der Waals surface area contributed by atoms with Gasteiger partial charge in [-0.15, -0.1) is 0 Å². The van der Waals surface area contributed by atoms with Crippen LogP contribution in [0.25, 0.3) is 0 Å². The van der Waals surface area contributed by atoms with Crippen LogP contribution < -0.4 is 5.73 Å². The zero-order valence-corrected chi connectivity index (χ0v) is 7.75. The van der Waals surface area contributed by atoms with Gasteiger partial charge in [0, 0.05) is 25.6 Å². The maximum Gasteiger partial charge on any atom is 0.226 e. The zero-order chi connectivity index (χ0) is 8.97. The molecule has 2 N–H and O–H groups in total. The molecule has 1 aliphatic heterocycles. The molecule has 0 spiro atoms. The van der Waals surface area contributed by atoms with E-state index in [1.165, 1.54) is 6.42 Å². The van der Waals surface area contributed by atoms with Crippen LogP contribution in [0.15, 0.2) is 0 Å². The standard InChI is InChI=1S/C9H18N2O/c1-8(7-10)9(12)11-5-3-2-4-6-11/h8H,2-7,10H2,1H3. The molecule has 0 aliphatic carbocycles. The van der Waals surface area contributed by atoms with E-state index in [1.54, 1.807) is 0 Å². The van der Waals surface area contributed by atoms with Gasteiger partial charge in [-0.3, -0.25) is 4.79 Å². The number of rotatable bonds is 2. The first-order valence-electron chi connectivity index (χ1n) is 4.74. The Bertz CT molecular complexity index is 153. The number of nitrogens with two attached hydrogens (primary N) is 1. The molecule has 70 valence electrons. The third kappa shape index (κ3) is 2.21. The highest BCUT2D eigenvalue weighted by atomic mass is 16.2. The molecule has 12 heavy (non-hydrogen) atoms. The van der Waals surface area contributed by atoms with E-state index in [1.807, 2.05) is 11.8 Å². The van der Waals surface area contributed by atoms with Crippen molar-refractivity contribution < 1.29 is 4.79 Å². The van der Waals surface area contributed by atoms with Crippen molar-refractivity contribution in [2.24, 2.45) is 11.7 Å². The summed E-state index contributed by atoms with van der Waals surface area (Å²) in [6.07, 6.45) is 3.58. The smallest absolute Gasteiger partial charge is 0.226 e. The summed E-state index contributed by atoms with van der Waals surface area (Å²) in [6.45, 7) is 4.23. The predicted molar refractivity (Wildman–Crippen MR) is 48.6 cm³/mol. The Labute approximate surface area is 73.9 Å². The maximum absolute atomic E-state index is 11.6. The fourth-order valence-corrected chi connectivity index (χ4v) is 1.53. The molecule has 0 radical (unpaired) electrons. The molecule has 0 saturated carbocycles. The van der Waals surface area contributed by atoms with Gasteiger partial charge in [-0.05, 0) is 19.3 Å². The quantitative estimate of drug-likeness (QED) is 0.659. The lowest BCUT2D eigenvalue weighted by atomic mass is 10.1. The average molecular weight is 170 g/mol. The van der Waals surface area contributed by atoms with Crippen molar-refractivity contribution in [3.63, 3.8) is 0 Å². The number of piperidine rings is 1. The summed E-state index contributed by atoms with van der Waals surface area (Å²) in [6, 6.07) is 0. The zero-order valence-electron chi connectivity index (χ0n) is 7.75. The minimum Gasteiger partial charge on any atom is -0.342 e. The topological polar surface area (TPSA) is 46.3 Å². The molecule has 0 aromatic carbocycles. The van der Waals surface area contributed by atoms with Gasteiger partial charge >= 0.3 is 0 Å². The molecule has 0 aromatic rings. The molecule has 1 amide bonds. The van der Waals surface area contributed by atoms with E-state index in [2.05, 4.69) is 0 Å². The Morgan fingerprint density at radius 1 is 1.42 bits per heavy atom. The Hall–Kier alpha value is -0.570. The van der Waals surface area contributed by atoms with Crippen LogP contribution in [0, 0.1) is 5.92 Å². The fraction of sp³-hybridized carbons (Fsp3) is 0.889. The van der Waals surface area contributed by atoms with Crippen molar-refractivity contribution in [2.45, 2.75) is 26.2 Å². The van der Waals surface area contributed by atoms with Crippen LogP contribution in [-0.4, -0.2) is 30.4 Å². The second-order valence-corrected chi connectivity index (χ2v) is 3.52. The van der Waals surface area contributed by atoms with Gasteiger partial charge in [0.1, 0.15) is 0 Å². The number of carbonyl (C=O) groups excluding carboxylic acids is 1. The van der Waals surface area contributed by atoms with Crippen molar-refractivity contribution in [3.05, 3.63) is 0 Å². The molecular formula is C9H18N2O. The Balaban J connectivity index is 2.39. The second kappa shape index (κ2) is 4.45. The molecule has 1 atom stereocenters. The maximum atomic E-state index is 11.6. The fourth-order valence-electron chi connectivity index (χ4n) is 1.53. The van der Waals surface area contributed by atoms with Crippen LogP contribution >= 0.6 is 0 Å². The summed E-state index contributed by atoms with van der Waals surface area (Å²) < 4.78 is 0. The van der Waals surface area contributed by atoms with Gasteiger partial charge in [0.2, 0.25) is 5.91 Å². The molecule has 1 unspecified atom stereocenters. The molecule has 1 fully saturated rings. The van der Waals surface area contributed by atoms with Crippen LogP contribution in [0.4, 0.5) is 0 Å². The van der Waals surface area contributed by atoms with E-state index in [0.29, 0.717) is 6.54 Å². The predicted octanol–water partition coefficient (Wildman–Crippen LogP) is 0.594. The summed E-state index contributed by atoms with van der Waals surface area (Å²) in [5.74, 6) is 0.236. The molecule has 1 heterocycles. The summed E-state index contributed by atoms with van der Waals surface area (Å²) in [5, 5.41) is 0. The van der Waals surface area contributed by atoms with Crippen molar-refractivity contribution in [3.8, 4) is 0 Å². The lowest BCUT2D eigenvalue weighted by Crippen LogP contribution is -2.40. The van der Waals surface area contributed by atoms with Gasteiger partial charge in [0.25, 0.3) is 0 Å². The van der Waals surface area contributed by atoms with Gasteiger partial charge in [-0.25, -0.2) is 0 Å². The Kier molecular flexibility index (Phi) is 3.53. The number of amides is 1. The van der Waals surface area contributed by atoms with Crippen molar-refractivity contribution in [2.75, 3.05) is 19.6 Å². The Morgan fingerprint density at radius 2 is 2.00 bits per heavy atom. The Morgan fingerprint density at radius 3 is 2.50 bits per heavy atom. The van der Waals surface area contributed by atoms with E-state index >= 15 is 0 Å². The van der Waals surface area contributed by atoms with Crippen molar-refractivity contribution in [1.29, 1.82) is 0 Å². The molecule has 1 rings (SSSR count). The molecular weight excluding hydrogens is 152 g/mol. The summed E-state index contributed by atoms with van der Waals surface area (Å²) in [7, 11) is 0. The normalized spacial score (nSPS) is 20.7. The number of nitrogens with zero attached hydrogens (tertiary/aromatic N) is 1. The highest BCUT2D eigenvalue weighted by Gasteiger charge is 2.20. The minimum absolute atomic E-state index is 0.00287. The van der Waals surface area contributed by atoms with E-state index in [4.69, 9.17) is 5.73 Å². The minimum atomic E-state index is 0.00287. The second-order valence-electron chi connectivity index (χ2n) is 3.52. The molecule has 0 aromatic heterocycles. The van der Waals surface area contributed by atoms with Crippen LogP contribution in [0.5, 0.6) is 0 Å². The first-order valence-corrected chi connectivity index (χ1v) is 4.74. The first-order chi connectivity index (χ1) is 5.75. The van der Waals surface area contributed by atoms with E-state index in [-0.39, 0.29) is 11.8 Å². The third-order valence-corrected chi connectivity index (χ3v) is 2.44. The van der Waals surface area contributed by atoms with Gasteiger partial charge < -0.3 is 10.6 Å². The number of hydrogen-bond donors (Lipinski definition) is 1. The summed E-state index contributed by atoms with van der Waals surface area (Å²) in [5.41, 5.74) is 5.43. The van der Waals surface area contributed by atoms with Crippen LogP contribution in [-0.2, 0) is 4.79 Å². The SMILES string of the molecule is CC(CN)C(=O)N1CCCCC1. The van der Waals surface area contributed by atoms with Crippen molar-refractivity contribution >= 4 is 5.91 Å². The molecule has 1 aliphatic rings. The van der Waals surface area contributed by atoms with E-state index in [9.17, 15) is 4.79 Å². The number of hydrogen-bond acceptors (Lipinski definition) is 2. The van der Waals surface area contributed by atoms with Crippen LogP contribution in [0.2, 0.25) is 0 Å². The largest absolute Gasteiger partial charge is 0.342 e. The van der Waals surface area contributed by atoms with Gasteiger partial charge in [-0.1, -0.05) is 6.92 Å². The summed E-state index contributed by atoms with van der Waals surface area (Å²) in [4.78, 5) is 13.5. The lowest BCUT2D eigenvalue weighted by molar-refractivity contribution is -0.135. The first kappa shape index (κ1) is 9.52. The molecule has 3 heteroatoms. The average Bonchev–Trinajstić information content (AvgIpc) is 2.17. The van der Waals surface area contributed by atoms with E-state index < -0.39 is 0 Å². The van der Waals surface area contributed by atoms with Gasteiger partial charge in [0.15, 0.2) is 0 Å². The van der Waals surface area contributed by atoms with Gasteiger partial charge in [-0.2, -0.15) is 0 Å². The van der Waals surface area contributed by atoms with Crippen LogP contribution in [0.1, 0.15) is 26.2 Å². The molecule has 3 nitrogen and oxygen atoms in total. The molecule has 1 saturated heterocycles. The van der Waals surface area contributed by atoms with Gasteiger partial charge in [0.05, 0.1) is 0 Å². The number of likely N-dealkylation sites (tertiary alicyclic amines) is 1. The monoisotopic (exact) mass is 170 g/mol. The lowest BCUT2D eigenvalue weighted by Gasteiger charge is -2.28. The van der Waals surface area contributed by atoms with Crippen molar-refractivity contribution in [1.82, 2.24) is 4.90 Å². The third-order valence-electron chi connectivity index (χ3n) is 2.44. The molecule has 0 bridgehead atoms. The summed E-state index contributed by atoms with van der Waals surface area (Å²) >= 11 is 0. The highest BCUT2D eigenvalue weighted by molar-refractivity contribution is 5.78. The van der Waals surface area contributed by atoms with Crippen LogP contribution in [0.3, 0.4) is 0 Å².